The first-order valence-corrected chi connectivity index (χ1v) is 14.4. The number of carbonyl (C=O) groups is 2. The third-order valence-corrected chi connectivity index (χ3v) is 7.46. The Labute approximate surface area is 251 Å². The zero-order chi connectivity index (χ0) is 29.2. The number of ether oxygens (including phenoxy) is 2. The number of nitrogens with zero attached hydrogens (tertiary/aromatic N) is 2. The molecule has 2 amide bonds. The van der Waals surface area contributed by atoms with Crippen molar-refractivity contribution in [1.82, 2.24) is 15.1 Å². The van der Waals surface area contributed by atoms with Crippen LogP contribution in [0.1, 0.15) is 56.7 Å². The van der Waals surface area contributed by atoms with E-state index in [1.54, 1.807) is 33.3 Å². The Balaban J connectivity index is 0.00000588. The van der Waals surface area contributed by atoms with Crippen LogP contribution in [0, 0.1) is 5.82 Å². The molecule has 2 aromatic rings. The topological polar surface area (TPSA) is 71.1 Å². The van der Waals surface area contributed by atoms with E-state index in [1.165, 1.54) is 11.0 Å². The molecule has 1 fully saturated rings. The van der Waals surface area contributed by atoms with E-state index in [0.717, 1.165) is 42.6 Å². The fourth-order valence-corrected chi connectivity index (χ4v) is 5.34. The fourth-order valence-electron chi connectivity index (χ4n) is 5.34. The Morgan fingerprint density at radius 3 is 2.41 bits per heavy atom. The zero-order valence-corrected chi connectivity index (χ0v) is 26.2. The molecule has 1 saturated heterocycles. The molecule has 0 unspecified atom stereocenters. The Morgan fingerprint density at radius 1 is 1.05 bits per heavy atom. The number of methoxy groups -OCH3 is 1. The third-order valence-electron chi connectivity index (χ3n) is 7.46. The summed E-state index contributed by atoms with van der Waals surface area (Å²) < 4.78 is 26.7. The fraction of sp³-hybridized carbons (Fsp3) is 0.562. The molecule has 7 nitrogen and oxygen atoms in total. The van der Waals surface area contributed by atoms with Crippen molar-refractivity contribution in [1.29, 1.82) is 0 Å². The van der Waals surface area contributed by atoms with Gasteiger partial charge in [0.1, 0.15) is 11.6 Å². The van der Waals surface area contributed by atoms with Crippen LogP contribution in [0.4, 0.5) is 4.39 Å². The van der Waals surface area contributed by atoms with Gasteiger partial charge >= 0.3 is 0 Å². The van der Waals surface area contributed by atoms with Crippen molar-refractivity contribution >= 4 is 24.2 Å². The van der Waals surface area contributed by atoms with Crippen LogP contribution in [0.25, 0.3) is 11.1 Å². The Kier molecular flexibility index (Phi) is 14.0. The predicted molar refractivity (Wildman–Crippen MR) is 164 cm³/mol. The molecular formula is C32H47ClFN3O4. The van der Waals surface area contributed by atoms with Gasteiger partial charge in [0.25, 0.3) is 0 Å². The number of piperidine rings is 1. The molecule has 228 valence electrons. The van der Waals surface area contributed by atoms with E-state index in [4.69, 9.17) is 9.47 Å². The molecule has 41 heavy (non-hydrogen) atoms. The molecule has 1 aliphatic heterocycles. The molecule has 1 N–H and O–H groups in total. The van der Waals surface area contributed by atoms with Gasteiger partial charge in [-0.15, -0.1) is 12.4 Å². The number of carbonyl (C=O) groups excluding carboxylic acids is 2. The Morgan fingerprint density at radius 2 is 1.80 bits per heavy atom. The van der Waals surface area contributed by atoms with Gasteiger partial charge in [-0.25, -0.2) is 4.39 Å². The maximum absolute atomic E-state index is 15.3. The second-order valence-electron chi connectivity index (χ2n) is 11.0. The summed E-state index contributed by atoms with van der Waals surface area (Å²) in [5.74, 6) is 0.178. The van der Waals surface area contributed by atoms with E-state index in [1.807, 2.05) is 24.0 Å². The number of aryl methyl sites for hydroxylation is 1. The van der Waals surface area contributed by atoms with E-state index in [0.29, 0.717) is 42.9 Å². The van der Waals surface area contributed by atoms with Gasteiger partial charge in [-0.2, -0.15) is 0 Å². The van der Waals surface area contributed by atoms with Gasteiger partial charge in [0, 0.05) is 64.0 Å². The molecule has 1 atom stereocenters. The van der Waals surface area contributed by atoms with E-state index in [-0.39, 0.29) is 55.0 Å². The minimum Gasteiger partial charge on any atom is -0.493 e. The standard InChI is InChI=1S/C32H46FN3O4.ClH/c1-7-24-18-28(27-16-23(11-12-29(27)33)17-31(37)35(4)5)30(40-15-9-14-39-6)19-25(24)20-32(38)36(22(2)3)26-10-8-13-34-21-26;/h11-12,16,18-19,22,26,34H,7-10,13-15,17,20-21H2,1-6H3;1H/t26-;/m1./s1. The highest BCUT2D eigenvalue weighted by Crippen LogP contribution is 2.36. The SMILES string of the molecule is CCc1cc(-c2cc(CC(=O)N(C)C)ccc2F)c(OCCCOC)cc1CC(=O)N(C(C)C)[C@@H]1CCCNC1.Cl. The molecular weight excluding hydrogens is 545 g/mol. The van der Waals surface area contributed by atoms with Gasteiger partial charge in [-0.3, -0.25) is 9.59 Å². The largest absolute Gasteiger partial charge is 0.493 e. The van der Waals surface area contributed by atoms with Crippen molar-refractivity contribution in [3.63, 3.8) is 0 Å². The van der Waals surface area contributed by atoms with Crippen molar-refractivity contribution < 1.29 is 23.5 Å². The molecule has 2 aromatic carbocycles. The number of rotatable bonds is 13. The number of hydrogen-bond acceptors (Lipinski definition) is 5. The summed E-state index contributed by atoms with van der Waals surface area (Å²) in [4.78, 5) is 29.6. The van der Waals surface area contributed by atoms with E-state index >= 15 is 4.39 Å². The quantitative estimate of drug-likeness (QED) is 0.330. The van der Waals surface area contributed by atoms with Gasteiger partial charge in [0.05, 0.1) is 19.4 Å². The first-order valence-electron chi connectivity index (χ1n) is 14.4. The molecule has 1 aliphatic rings. The first-order chi connectivity index (χ1) is 19.2. The third kappa shape index (κ3) is 9.42. The zero-order valence-electron chi connectivity index (χ0n) is 25.4. The van der Waals surface area contributed by atoms with Crippen LogP contribution in [0.3, 0.4) is 0 Å². The van der Waals surface area contributed by atoms with Crippen LogP contribution in [-0.2, 0) is 33.6 Å². The van der Waals surface area contributed by atoms with Crippen LogP contribution >= 0.6 is 12.4 Å². The average Bonchev–Trinajstić information content (AvgIpc) is 2.92. The molecule has 1 heterocycles. The monoisotopic (exact) mass is 591 g/mol. The van der Waals surface area contributed by atoms with E-state index in [2.05, 4.69) is 19.2 Å². The van der Waals surface area contributed by atoms with Gasteiger partial charge in [0.15, 0.2) is 0 Å². The Bertz CT molecular complexity index is 1150. The van der Waals surface area contributed by atoms with E-state index < -0.39 is 0 Å². The van der Waals surface area contributed by atoms with Crippen LogP contribution in [-0.4, -0.2) is 81.2 Å². The van der Waals surface area contributed by atoms with Crippen molar-refractivity contribution in [3.8, 4) is 16.9 Å². The normalized spacial score (nSPS) is 14.9. The molecule has 0 bridgehead atoms. The smallest absolute Gasteiger partial charge is 0.227 e. The number of nitrogens with one attached hydrogen (secondary N) is 1. The minimum atomic E-state index is -0.385. The number of likely N-dealkylation sites (N-methyl/N-ethyl adjacent to an activating group) is 1. The summed E-state index contributed by atoms with van der Waals surface area (Å²) in [5.41, 5.74) is 3.61. The number of halogens is 2. The van der Waals surface area contributed by atoms with Crippen LogP contribution in [0.15, 0.2) is 30.3 Å². The van der Waals surface area contributed by atoms with Gasteiger partial charge in [-0.05, 0) is 80.6 Å². The minimum absolute atomic E-state index is 0. The number of hydrogen-bond donors (Lipinski definition) is 1. The Hall–Kier alpha value is -2.68. The highest BCUT2D eigenvalue weighted by Gasteiger charge is 2.28. The summed E-state index contributed by atoms with van der Waals surface area (Å²) in [5, 5.41) is 3.42. The highest BCUT2D eigenvalue weighted by molar-refractivity contribution is 5.85. The van der Waals surface area contributed by atoms with Crippen molar-refractivity contribution in [2.24, 2.45) is 0 Å². The van der Waals surface area contributed by atoms with Gasteiger partial charge in [-0.1, -0.05) is 13.0 Å². The van der Waals surface area contributed by atoms with E-state index in [9.17, 15) is 9.59 Å². The van der Waals surface area contributed by atoms with Crippen molar-refractivity contribution in [2.75, 3.05) is 47.5 Å². The second-order valence-corrected chi connectivity index (χ2v) is 11.0. The van der Waals surface area contributed by atoms with Crippen LogP contribution in [0.2, 0.25) is 0 Å². The maximum atomic E-state index is 15.3. The molecule has 3 rings (SSSR count). The van der Waals surface area contributed by atoms with Gasteiger partial charge in [0.2, 0.25) is 11.8 Å². The molecule has 9 heteroatoms. The summed E-state index contributed by atoms with van der Waals surface area (Å²) in [6.07, 6.45) is 3.85. The summed E-state index contributed by atoms with van der Waals surface area (Å²) >= 11 is 0. The maximum Gasteiger partial charge on any atom is 0.227 e. The van der Waals surface area contributed by atoms with Gasteiger partial charge < -0.3 is 24.6 Å². The van der Waals surface area contributed by atoms with Crippen molar-refractivity contribution in [3.05, 3.63) is 52.8 Å². The summed E-state index contributed by atoms with van der Waals surface area (Å²) in [6.45, 7) is 8.91. The lowest BCUT2D eigenvalue weighted by molar-refractivity contribution is -0.135. The second kappa shape index (κ2) is 16.7. The number of benzene rings is 2. The molecule has 0 aromatic heterocycles. The summed E-state index contributed by atoms with van der Waals surface area (Å²) in [7, 11) is 5.05. The highest BCUT2D eigenvalue weighted by atomic mass is 35.5. The first kappa shape index (κ1) is 34.5. The van der Waals surface area contributed by atoms with Crippen LogP contribution < -0.4 is 10.1 Å². The van der Waals surface area contributed by atoms with Crippen molar-refractivity contribution in [2.45, 2.75) is 71.4 Å². The summed E-state index contributed by atoms with van der Waals surface area (Å²) in [6, 6.07) is 8.91. The lowest BCUT2D eigenvalue weighted by Crippen LogP contribution is -2.52. The molecule has 0 saturated carbocycles. The number of amides is 2. The molecule has 0 spiro atoms. The molecule has 0 radical (unpaired) electrons. The van der Waals surface area contributed by atoms with Crippen LogP contribution in [0.5, 0.6) is 5.75 Å². The predicted octanol–water partition coefficient (Wildman–Crippen LogP) is 5.05. The lowest BCUT2D eigenvalue weighted by atomic mass is 9.93. The average molecular weight is 592 g/mol. The molecule has 0 aliphatic carbocycles. The lowest BCUT2D eigenvalue weighted by Gasteiger charge is -2.38.